The number of aromatic nitrogens is 2. The molecule has 4 nitrogen and oxygen atoms in total. The van der Waals surface area contributed by atoms with Crippen molar-refractivity contribution in [2.45, 2.75) is 46.2 Å². The van der Waals surface area contributed by atoms with Crippen molar-refractivity contribution in [2.24, 2.45) is 12.5 Å². The maximum Gasteiger partial charge on any atom is 0.109 e. The van der Waals surface area contributed by atoms with Crippen molar-refractivity contribution in [1.82, 2.24) is 15.1 Å². The standard InChI is InChI=1S/C16H23N3O/c1-11-5-13-14(6-16(2,3)7-15(13)20-11)17-8-12-9-18-19(4)10-12/h5,9-10,14,17H,6-8H2,1-4H3/t14-/m1/s1. The summed E-state index contributed by atoms with van der Waals surface area (Å²) in [7, 11) is 1.95. The first-order valence-corrected chi connectivity index (χ1v) is 7.23. The Balaban J connectivity index is 1.78. The van der Waals surface area contributed by atoms with Gasteiger partial charge in [-0.2, -0.15) is 5.10 Å². The molecule has 0 saturated heterocycles. The first kappa shape index (κ1) is 13.4. The van der Waals surface area contributed by atoms with E-state index in [4.69, 9.17) is 4.42 Å². The molecule has 4 heteroatoms. The monoisotopic (exact) mass is 273 g/mol. The van der Waals surface area contributed by atoms with Gasteiger partial charge in [0.15, 0.2) is 0 Å². The largest absolute Gasteiger partial charge is 0.466 e. The minimum Gasteiger partial charge on any atom is -0.466 e. The fourth-order valence-electron chi connectivity index (χ4n) is 3.17. The number of aryl methyl sites for hydroxylation is 2. The summed E-state index contributed by atoms with van der Waals surface area (Å²) in [6.07, 6.45) is 6.14. The molecule has 0 aliphatic heterocycles. The molecule has 0 saturated carbocycles. The summed E-state index contributed by atoms with van der Waals surface area (Å²) in [6, 6.07) is 2.55. The van der Waals surface area contributed by atoms with Crippen LogP contribution in [0.4, 0.5) is 0 Å². The molecular formula is C16H23N3O. The molecule has 20 heavy (non-hydrogen) atoms. The smallest absolute Gasteiger partial charge is 0.109 e. The molecule has 1 atom stereocenters. The minimum atomic E-state index is 0.282. The van der Waals surface area contributed by atoms with Gasteiger partial charge in [-0.1, -0.05) is 13.8 Å². The second-order valence-corrected chi connectivity index (χ2v) is 6.74. The zero-order valence-electron chi connectivity index (χ0n) is 12.7. The van der Waals surface area contributed by atoms with E-state index in [0.717, 1.165) is 30.9 Å². The third kappa shape index (κ3) is 2.66. The van der Waals surface area contributed by atoms with Crippen LogP contribution in [0.25, 0.3) is 0 Å². The average molecular weight is 273 g/mol. The Hall–Kier alpha value is -1.55. The summed E-state index contributed by atoms with van der Waals surface area (Å²) in [5, 5.41) is 7.88. The summed E-state index contributed by atoms with van der Waals surface area (Å²) in [6.45, 7) is 7.50. The van der Waals surface area contributed by atoms with Gasteiger partial charge in [-0.05, 0) is 24.8 Å². The van der Waals surface area contributed by atoms with Crippen LogP contribution in [-0.4, -0.2) is 9.78 Å². The Bertz CT molecular complexity index is 609. The maximum absolute atomic E-state index is 5.87. The average Bonchev–Trinajstić information content (AvgIpc) is 2.90. The maximum atomic E-state index is 5.87. The van der Waals surface area contributed by atoms with Gasteiger partial charge < -0.3 is 9.73 Å². The summed E-state index contributed by atoms with van der Waals surface area (Å²) < 4.78 is 7.71. The lowest BCUT2D eigenvalue weighted by atomic mass is 9.74. The van der Waals surface area contributed by atoms with Crippen LogP contribution in [0.5, 0.6) is 0 Å². The van der Waals surface area contributed by atoms with Crippen LogP contribution in [0.3, 0.4) is 0 Å². The molecule has 2 aromatic heterocycles. The Morgan fingerprint density at radius 3 is 3.00 bits per heavy atom. The highest BCUT2D eigenvalue weighted by Gasteiger charge is 2.34. The zero-order chi connectivity index (χ0) is 14.3. The molecule has 108 valence electrons. The fraction of sp³-hybridized carbons (Fsp3) is 0.562. The van der Waals surface area contributed by atoms with E-state index >= 15 is 0 Å². The van der Waals surface area contributed by atoms with Gasteiger partial charge in [-0.15, -0.1) is 0 Å². The van der Waals surface area contributed by atoms with Crippen LogP contribution in [0, 0.1) is 12.3 Å². The molecule has 2 heterocycles. The van der Waals surface area contributed by atoms with Crippen LogP contribution >= 0.6 is 0 Å². The van der Waals surface area contributed by atoms with Gasteiger partial charge in [0.1, 0.15) is 11.5 Å². The number of hydrogen-bond acceptors (Lipinski definition) is 3. The molecule has 1 aliphatic rings. The van der Waals surface area contributed by atoms with Crippen molar-refractivity contribution < 1.29 is 4.42 Å². The van der Waals surface area contributed by atoms with Crippen LogP contribution < -0.4 is 5.32 Å². The highest BCUT2D eigenvalue weighted by atomic mass is 16.3. The Labute approximate surface area is 120 Å². The quantitative estimate of drug-likeness (QED) is 0.934. The van der Waals surface area contributed by atoms with E-state index in [9.17, 15) is 0 Å². The highest BCUT2D eigenvalue weighted by molar-refractivity contribution is 5.29. The molecule has 0 aromatic carbocycles. The summed E-state index contributed by atoms with van der Waals surface area (Å²) in [5.41, 5.74) is 2.84. The van der Waals surface area contributed by atoms with Crippen molar-refractivity contribution in [3.8, 4) is 0 Å². The number of rotatable bonds is 3. The van der Waals surface area contributed by atoms with Gasteiger partial charge in [0, 0.05) is 43.4 Å². The van der Waals surface area contributed by atoms with Crippen LogP contribution in [0.2, 0.25) is 0 Å². The predicted octanol–water partition coefficient (Wildman–Crippen LogP) is 3.12. The number of hydrogen-bond donors (Lipinski definition) is 1. The fourth-order valence-corrected chi connectivity index (χ4v) is 3.17. The van der Waals surface area contributed by atoms with Gasteiger partial charge in [0.2, 0.25) is 0 Å². The van der Waals surface area contributed by atoms with Gasteiger partial charge in [0.25, 0.3) is 0 Å². The highest BCUT2D eigenvalue weighted by Crippen LogP contribution is 2.42. The molecule has 2 aromatic rings. The summed E-state index contributed by atoms with van der Waals surface area (Å²) in [4.78, 5) is 0. The topological polar surface area (TPSA) is 43.0 Å². The molecule has 0 unspecified atom stereocenters. The number of nitrogens with zero attached hydrogens (tertiary/aromatic N) is 2. The minimum absolute atomic E-state index is 0.282. The second-order valence-electron chi connectivity index (χ2n) is 6.74. The van der Waals surface area contributed by atoms with Gasteiger partial charge in [0.05, 0.1) is 6.20 Å². The van der Waals surface area contributed by atoms with Crippen LogP contribution in [0.15, 0.2) is 22.9 Å². The Morgan fingerprint density at radius 2 is 2.30 bits per heavy atom. The molecule has 1 N–H and O–H groups in total. The molecule has 1 aliphatic carbocycles. The van der Waals surface area contributed by atoms with E-state index < -0.39 is 0 Å². The normalized spacial score (nSPS) is 20.9. The zero-order valence-corrected chi connectivity index (χ0v) is 12.7. The van der Waals surface area contributed by atoms with Crippen molar-refractivity contribution in [3.63, 3.8) is 0 Å². The van der Waals surface area contributed by atoms with E-state index in [1.54, 1.807) is 0 Å². The molecule has 0 bridgehead atoms. The molecule has 0 radical (unpaired) electrons. The summed E-state index contributed by atoms with van der Waals surface area (Å²) >= 11 is 0. The first-order chi connectivity index (χ1) is 9.43. The Morgan fingerprint density at radius 1 is 1.50 bits per heavy atom. The van der Waals surface area contributed by atoms with E-state index in [1.807, 2.05) is 24.9 Å². The van der Waals surface area contributed by atoms with Crippen molar-refractivity contribution in [2.75, 3.05) is 0 Å². The van der Waals surface area contributed by atoms with Crippen molar-refractivity contribution in [1.29, 1.82) is 0 Å². The number of nitrogens with one attached hydrogen (secondary N) is 1. The van der Waals surface area contributed by atoms with Gasteiger partial charge in [-0.3, -0.25) is 4.68 Å². The molecule has 0 spiro atoms. The molecule has 3 rings (SSSR count). The SMILES string of the molecule is Cc1cc2c(o1)CC(C)(C)C[C@H]2NCc1cnn(C)c1. The van der Waals surface area contributed by atoms with Crippen molar-refractivity contribution >= 4 is 0 Å². The lowest BCUT2D eigenvalue weighted by Crippen LogP contribution is -2.32. The summed E-state index contributed by atoms with van der Waals surface area (Å²) in [5.74, 6) is 2.17. The van der Waals surface area contributed by atoms with Crippen LogP contribution in [-0.2, 0) is 20.0 Å². The predicted molar refractivity (Wildman–Crippen MR) is 78.3 cm³/mol. The lowest BCUT2D eigenvalue weighted by molar-refractivity contribution is 0.233. The van der Waals surface area contributed by atoms with E-state index in [2.05, 4.69) is 36.5 Å². The van der Waals surface area contributed by atoms with Gasteiger partial charge >= 0.3 is 0 Å². The molecule has 0 amide bonds. The first-order valence-electron chi connectivity index (χ1n) is 7.23. The van der Waals surface area contributed by atoms with E-state index in [-0.39, 0.29) is 5.41 Å². The second kappa shape index (κ2) is 4.77. The third-order valence-electron chi connectivity index (χ3n) is 4.05. The molecule has 0 fully saturated rings. The third-order valence-corrected chi connectivity index (χ3v) is 4.05. The van der Waals surface area contributed by atoms with E-state index in [0.29, 0.717) is 6.04 Å². The number of furan rings is 1. The van der Waals surface area contributed by atoms with Gasteiger partial charge in [-0.25, -0.2) is 0 Å². The molecular weight excluding hydrogens is 250 g/mol. The van der Waals surface area contributed by atoms with Crippen molar-refractivity contribution in [3.05, 3.63) is 41.1 Å². The van der Waals surface area contributed by atoms with Crippen LogP contribution in [0.1, 0.15) is 49.0 Å². The Kier molecular flexibility index (Phi) is 3.21. The number of fused-ring (bicyclic) bond motifs is 1. The van der Waals surface area contributed by atoms with E-state index in [1.165, 1.54) is 11.1 Å². The lowest BCUT2D eigenvalue weighted by Gasteiger charge is -2.34.